The van der Waals surface area contributed by atoms with E-state index in [0.717, 1.165) is 6.42 Å². The van der Waals surface area contributed by atoms with E-state index in [9.17, 15) is 4.79 Å². The van der Waals surface area contributed by atoms with Crippen molar-refractivity contribution in [2.75, 3.05) is 6.54 Å². The Kier molecular flexibility index (Phi) is 5.35. The smallest absolute Gasteiger partial charge is 0.228 e. The van der Waals surface area contributed by atoms with Crippen molar-refractivity contribution in [3.63, 3.8) is 0 Å². The standard InChI is InChI=1S/C12H22N2O/c1-6-12(4,5)11(15)14(10(2)3)9-7-8-13/h10H,6-7,9H2,1-5H3. The molecule has 86 valence electrons. The predicted molar refractivity (Wildman–Crippen MR) is 61.2 cm³/mol. The van der Waals surface area contributed by atoms with Gasteiger partial charge >= 0.3 is 0 Å². The number of nitrogens with zero attached hydrogens (tertiary/aromatic N) is 2. The molecule has 0 heterocycles. The Balaban J connectivity index is 4.64. The first kappa shape index (κ1) is 14.0. The van der Waals surface area contributed by atoms with Crippen molar-refractivity contribution in [2.24, 2.45) is 5.41 Å². The maximum atomic E-state index is 12.2. The summed E-state index contributed by atoms with van der Waals surface area (Å²) in [7, 11) is 0. The molecule has 0 aliphatic carbocycles. The number of carbonyl (C=O) groups is 1. The van der Waals surface area contributed by atoms with Crippen molar-refractivity contribution in [3.8, 4) is 6.07 Å². The Bertz CT molecular complexity index is 251. The fourth-order valence-corrected chi connectivity index (χ4v) is 1.30. The third kappa shape index (κ3) is 3.91. The number of hydrogen-bond acceptors (Lipinski definition) is 2. The molecular weight excluding hydrogens is 188 g/mol. The van der Waals surface area contributed by atoms with Crippen molar-refractivity contribution >= 4 is 5.91 Å². The molecule has 0 aromatic carbocycles. The highest BCUT2D eigenvalue weighted by molar-refractivity contribution is 5.82. The second-order valence-electron chi connectivity index (χ2n) is 4.74. The molecule has 0 spiro atoms. The molecule has 0 bridgehead atoms. The first-order valence-electron chi connectivity index (χ1n) is 5.54. The maximum absolute atomic E-state index is 12.2. The van der Waals surface area contributed by atoms with Gasteiger partial charge in [0.25, 0.3) is 0 Å². The van der Waals surface area contributed by atoms with E-state index in [2.05, 4.69) is 6.07 Å². The molecule has 0 unspecified atom stereocenters. The third-order valence-corrected chi connectivity index (χ3v) is 2.81. The van der Waals surface area contributed by atoms with Gasteiger partial charge in [-0.05, 0) is 20.3 Å². The summed E-state index contributed by atoms with van der Waals surface area (Å²) in [6, 6.07) is 2.25. The number of carbonyl (C=O) groups excluding carboxylic acids is 1. The van der Waals surface area contributed by atoms with Crippen molar-refractivity contribution in [2.45, 2.75) is 53.5 Å². The van der Waals surface area contributed by atoms with Gasteiger partial charge in [-0.3, -0.25) is 4.79 Å². The predicted octanol–water partition coefficient (Wildman–Crippen LogP) is 2.57. The molecule has 0 aliphatic heterocycles. The lowest BCUT2D eigenvalue weighted by Crippen LogP contribution is -2.44. The molecule has 0 aliphatic rings. The van der Waals surface area contributed by atoms with E-state index < -0.39 is 0 Å². The number of rotatable bonds is 5. The van der Waals surface area contributed by atoms with Gasteiger partial charge in [-0.15, -0.1) is 0 Å². The fourth-order valence-electron chi connectivity index (χ4n) is 1.30. The molecule has 0 atom stereocenters. The summed E-state index contributed by atoms with van der Waals surface area (Å²) >= 11 is 0. The quantitative estimate of drug-likeness (QED) is 0.700. The summed E-state index contributed by atoms with van der Waals surface area (Å²) in [6.07, 6.45) is 1.23. The van der Waals surface area contributed by atoms with Gasteiger partial charge in [-0.25, -0.2) is 0 Å². The Hall–Kier alpha value is -1.04. The Morgan fingerprint density at radius 1 is 1.47 bits per heavy atom. The van der Waals surface area contributed by atoms with Crippen LogP contribution in [0.25, 0.3) is 0 Å². The number of amides is 1. The monoisotopic (exact) mass is 210 g/mol. The second-order valence-corrected chi connectivity index (χ2v) is 4.74. The second kappa shape index (κ2) is 5.75. The van der Waals surface area contributed by atoms with Gasteiger partial charge in [0, 0.05) is 18.0 Å². The van der Waals surface area contributed by atoms with E-state index in [1.807, 2.05) is 34.6 Å². The summed E-state index contributed by atoms with van der Waals surface area (Å²) < 4.78 is 0. The molecule has 0 aromatic heterocycles. The maximum Gasteiger partial charge on any atom is 0.228 e. The lowest BCUT2D eigenvalue weighted by atomic mass is 9.88. The van der Waals surface area contributed by atoms with Crippen LogP contribution in [0.2, 0.25) is 0 Å². The fraction of sp³-hybridized carbons (Fsp3) is 0.833. The first-order chi connectivity index (χ1) is 6.86. The van der Waals surface area contributed by atoms with Gasteiger partial charge in [0.05, 0.1) is 12.5 Å². The van der Waals surface area contributed by atoms with E-state index in [1.54, 1.807) is 4.90 Å². The Morgan fingerprint density at radius 3 is 2.33 bits per heavy atom. The van der Waals surface area contributed by atoms with E-state index in [0.29, 0.717) is 13.0 Å². The zero-order chi connectivity index (χ0) is 12.1. The van der Waals surface area contributed by atoms with Crippen LogP contribution >= 0.6 is 0 Å². The van der Waals surface area contributed by atoms with Gasteiger partial charge in [-0.1, -0.05) is 20.8 Å². The van der Waals surface area contributed by atoms with Crippen LogP contribution in [0, 0.1) is 16.7 Å². The topological polar surface area (TPSA) is 44.1 Å². The minimum absolute atomic E-state index is 0.148. The van der Waals surface area contributed by atoms with E-state index in [1.165, 1.54) is 0 Å². The summed E-state index contributed by atoms with van der Waals surface area (Å²) in [5, 5.41) is 8.55. The van der Waals surface area contributed by atoms with Crippen LogP contribution in [0.15, 0.2) is 0 Å². The minimum Gasteiger partial charge on any atom is -0.339 e. The van der Waals surface area contributed by atoms with Crippen molar-refractivity contribution < 1.29 is 4.79 Å². The molecule has 1 amide bonds. The summed E-state index contributed by atoms with van der Waals surface area (Å²) in [5.41, 5.74) is -0.320. The molecule has 0 radical (unpaired) electrons. The van der Waals surface area contributed by atoms with E-state index >= 15 is 0 Å². The van der Waals surface area contributed by atoms with Crippen LogP contribution in [0.5, 0.6) is 0 Å². The van der Waals surface area contributed by atoms with Gasteiger partial charge in [0.1, 0.15) is 0 Å². The molecule has 0 saturated heterocycles. The van der Waals surface area contributed by atoms with Crippen LogP contribution in [0.4, 0.5) is 0 Å². The minimum atomic E-state index is -0.320. The molecule has 0 fully saturated rings. The molecule has 0 rings (SSSR count). The zero-order valence-corrected chi connectivity index (χ0v) is 10.5. The Morgan fingerprint density at radius 2 is 2.00 bits per heavy atom. The zero-order valence-electron chi connectivity index (χ0n) is 10.5. The largest absolute Gasteiger partial charge is 0.339 e. The summed E-state index contributed by atoms with van der Waals surface area (Å²) in [5.74, 6) is 0.148. The van der Waals surface area contributed by atoms with Crippen LogP contribution in [0.1, 0.15) is 47.5 Å². The van der Waals surface area contributed by atoms with Crippen LogP contribution in [0.3, 0.4) is 0 Å². The highest BCUT2D eigenvalue weighted by Gasteiger charge is 2.31. The van der Waals surface area contributed by atoms with E-state index in [-0.39, 0.29) is 17.4 Å². The molecule has 3 heteroatoms. The first-order valence-corrected chi connectivity index (χ1v) is 5.54. The van der Waals surface area contributed by atoms with E-state index in [4.69, 9.17) is 5.26 Å². The summed E-state index contributed by atoms with van der Waals surface area (Å²) in [6.45, 7) is 10.4. The lowest BCUT2D eigenvalue weighted by Gasteiger charge is -2.33. The lowest BCUT2D eigenvalue weighted by molar-refractivity contribution is -0.142. The van der Waals surface area contributed by atoms with Gasteiger partial charge < -0.3 is 4.90 Å². The van der Waals surface area contributed by atoms with Crippen molar-refractivity contribution in [3.05, 3.63) is 0 Å². The average Bonchev–Trinajstić information content (AvgIpc) is 2.17. The molecule has 0 N–H and O–H groups in total. The molecule has 0 saturated carbocycles. The molecule has 0 aromatic rings. The van der Waals surface area contributed by atoms with Gasteiger partial charge in [0.15, 0.2) is 0 Å². The highest BCUT2D eigenvalue weighted by Crippen LogP contribution is 2.24. The Labute approximate surface area is 93.1 Å². The SMILES string of the molecule is CCC(C)(C)C(=O)N(CCC#N)C(C)C. The number of nitriles is 1. The molecule has 15 heavy (non-hydrogen) atoms. The van der Waals surface area contributed by atoms with Gasteiger partial charge in [-0.2, -0.15) is 5.26 Å². The van der Waals surface area contributed by atoms with Crippen LogP contribution < -0.4 is 0 Å². The highest BCUT2D eigenvalue weighted by atomic mass is 16.2. The number of hydrogen-bond donors (Lipinski definition) is 0. The van der Waals surface area contributed by atoms with Crippen LogP contribution in [-0.4, -0.2) is 23.4 Å². The third-order valence-electron chi connectivity index (χ3n) is 2.81. The van der Waals surface area contributed by atoms with Gasteiger partial charge in [0.2, 0.25) is 5.91 Å². The average molecular weight is 210 g/mol. The normalized spacial score (nSPS) is 11.3. The van der Waals surface area contributed by atoms with Crippen molar-refractivity contribution in [1.29, 1.82) is 5.26 Å². The van der Waals surface area contributed by atoms with Crippen molar-refractivity contribution in [1.82, 2.24) is 4.90 Å². The molecular formula is C12H22N2O. The molecule has 3 nitrogen and oxygen atoms in total. The summed E-state index contributed by atoms with van der Waals surface area (Å²) in [4.78, 5) is 14.0. The van der Waals surface area contributed by atoms with Crippen LogP contribution in [-0.2, 0) is 4.79 Å².